The van der Waals surface area contributed by atoms with E-state index in [1.165, 1.54) is 6.92 Å². The lowest BCUT2D eigenvalue weighted by Crippen LogP contribution is -2.25. The van der Waals surface area contributed by atoms with Crippen molar-refractivity contribution in [2.75, 3.05) is 5.32 Å². The Labute approximate surface area is 132 Å². The highest BCUT2D eigenvalue weighted by Gasteiger charge is 2.26. The summed E-state index contributed by atoms with van der Waals surface area (Å²) in [6.07, 6.45) is 1.97. The molecule has 1 fully saturated rings. The van der Waals surface area contributed by atoms with Crippen LogP contribution in [0.1, 0.15) is 36.3 Å². The van der Waals surface area contributed by atoms with Gasteiger partial charge in [-0.3, -0.25) is 9.59 Å². The lowest BCUT2D eigenvalue weighted by molar-refractivity contribution is -0.114. The van der Waals surface area contributed by atoms with E-state index in [4.69, 9.17) is 9.26 Å². The standard InChI is InChI=1S/C15H16N4O4/c1-9(20)16-11-3-2-4-12(7-11)22-8-13-18-15(23-19-13)14(21)17-10-5-6-10/h2-4,7,10H,5-6,8H2,1H3,(H,16,20)(H,17,21). The second-order valence-electron chi connectivity index (χ2n) is 5.26. The fourth-order valence-electron chi connectivity index (χ4n) is 1.89. The van der Waals surface area contributed by atoms with Gasteiger partial charge in [-0.15, -0.1) is 0 Å². The zero-order valence-electron chi connectivity index (χ0n) is 12.5. The largest absolute Gasteiger partial charge is 0.485 e. The van der Waals surface area contributed by atoms with Crippen molar-refractivity contribution in [2.24, 2.45) is 0 Å². The predicted molar refractivity (Wildman–Crippen MR) is 79.9 cm³/mol. The summed E-state index contributed by atoms with van der Waals surface area (Å²) in [5, 5.41) is 9.14. The lowest BCUT2D eigenvalue weighted by Gasteiger charge is -2.06. The average molecular weight is 316 g/mol. The summed E-state index contributed by atoms with van der Waals surface area (Å²) >= 11 is 0. The van der Waals surface area contributed by atoms with Gasteiger partial charge < -0.3 is 19.9 Å². The van der Waals surface area contributed by atoms with Gasteiger partial charge in [0.15, 0.2) is 6.61 Å². The molecule has 120 valence electrons. The van der Waals surface area contributed by atoms with E-state index >= 15 is 0 Å². The van der Waals surface area contributed by atoms with Crippen molar-refractivity contribution in [3.63, 3.8) is 0 Å². The van der Waals surface area contributed by atoms with Gasteiger partial charge in [0.05, 0.1) is 0 Å². The molecule has 1 aliphatic carbocycles. The first-order valence-corrected chi connectivity index (χ1v) is 7.24. The number of carbonyl (C=O) groups excluding carboxylic acids is 2. The molecule has 0 aliphatic heterocycles. The fourth-order valence-corrected chi connectivity index (χ4v) is 1.89. The molecule has 0 atom stereocenters. The van der Waals surface area contributed by atoms with Gasteiger partial charge in [0, 0.05) is 24.7 Å². The van der Waals surface area contributed by atoms with E-state index in [1.807, 2.05) is 0 Å². The number of carbonyl (C=O) groups is 2. The van der Waals surface area contributed by atoms with Gasteiger partial charge in [-0.05, 0) is 25.0 Å². The number of ether oxygens (including phenoxy) is 1. The van der Waals surface area contributed by atoms with Crippen LogP contribution in [0, 0.1) is 0 Å². The van der Waals surface area contributed by atoms with Crippen LogP contribution in [0.4, 0.5) is 5.69 Å². The molecule has 8 nitrogen and oxygen atoms in total. The SMILES string of the molecule is CC(=O)Nc1cccc(OCc2noc(C(=O)NC3CC3)n2)c1. The monoisotopic (exact) mass is 316 g/mol. The molecular formula is C15H16N4O4. The Kier molecular flexibility index (Phi) is 4.22. The van der Waals surface area contributed by atoms with E-state index in [0.717, 1.165) is 12.8 Å². The van der Waals surface area contributed by atoms with E-state index < -0.39 is 0 Å². The van der Waals surface area contributed by atoms with E-state index in [9.17, 15) is 9.59 Å². The maximum Gasteiger partial charge on any atom is 0.316 e. The van der Waals surface area contributed by atoms with Gasteiger partial charge in [0.1, 0.15) is 5.75 Å². The number of benzene rings is 1. The van der Waals surface area contributed by atoms with Crippen LogP contribution in [0.3, 0.4) is 0 Å². The lowest BCUT2D eigenvalue weighted by atomic mass is 10.3. The number of hydrogen-bond donors (Lipinski definition) is 2. The molecule has 2 amide bonds. The molecule has 1 aromatic carbocycles. The number of nitrogens with zero attached hydrogens (tertiary/aromatic N) is 2. The molecule has 1 heterocycles. The minimum atomic E-state index is -0.362. The number of amides is 2. The first-order chi connectivity index (χ1) is 11.1. The minimum absolute atomic E-state index is 0.0593. The number of anilines is 1. The summed E-state index contributed by atoms with van der Waals surface area (Å²) in [5.41, 5.74) is 0.632. The van der Waals surface area contributed by atoms with Crippen molar-refractivity contribution in [1.29, 1.82) is 0 Å². The van der Waals surface area contributed by atoms with Gasteiger partial charge in [-0.25, -0.2) is 0 Å². The Morgan fingerprint density at radius 3 is 2.96 bits per heavy atom. The van der Waals surface area contributed by atoms with Crippen LogP contribution in [-0.2, 0) is 11.4 Å². The summed E-state index contributed by atoms with van der Waals surface area (Å²) in [6.45, 7) is 1.49. The van der Waals surface area contributed by atoms with Crippen molar-refractivity contribution >= 4 is 17.5 Å². The van der Waals surface area contributed by atoms with Crippen molar-refractivity contribution in [3.05, 3.63) is 36.0 Å². The van der Waals surface area contributed by atoms with Crippen LogP contribution in [0.25, 0.3) is 0 Å². The van der Waals surface area contributed by atoms with Crippen molar-refractivity contribution in [2.45, 2.75) is 32.4 Å². The molecule has 2 aromatic rings. The molecule has 0 unspecified atom stereocenters. The molecule has 1 aliphatic rings. The van der Waals surface area contributed by atoms with E-state index in [2.05, 4.69) is 20.8 Å². The number of nitrogens with one attached hydrogen (secondary N) is 2. The van der Waals surface area contributed by atoms with Crippen LogP contribution in [0.15, 0.2) is 28.8 Å². The van der Waals surface area contributed by atoms with E-state index in [-0.39, 0.29) is 36.2 Å². The Hall–Kier alpha value is -2.90. The van der Waals surface area contributed by atoms with Gasteiger partial charge >= 0.3 is 11.8 Å². The zero-order valence-corrected chi connectivity index (χ0v) is 12.5. The molecule has 23 heavy (non-hydrogen) atoms. The Bertz CT molecular complexity index is 724. The Balaban J connectivity index is 1.56. The van der Waals surface area contributed by atoms with Crippen molar-refractivity contribution in [1.82, 2.24) is 15.5 Å². The Morgan fingerprint density at radius 1 is 1.39 bits per heavy atom. The minimum Gasteiger partial charge on any atom is -0.485 e. The number of aromatic nitrogens is 2. The third-order valence-electron chi connectivity index (χ3n) is 3.10. The van der Waals surface area contributed by atoms with Crippen LogP contribution in [0.2, 0.25) is 0 Å². The molecular weight excluding hydrogens is 300 g/mol. The molecule has 0 radical (unpaired) electrons. The summed E-state index contributed by atoms with van der Waals surface area (Å²) in [7, 11) is 0. The topological polar surface area (TPSA) is 106 Å². The maximum atomic E-state index is 11.7. The third kappa shape index (κ3) is 4.29. The first-order valence-electron chi connectivity index (χ1n) is 7.24. The predicted octanol–water partition coefficient (Wildman–Crippen LogP) is 1.50. The van der Waals surface area contributed by atoms with E-state index in [0.29, 0.717) is 11.4 Å². The molecule has 1 saturated carbocycles. The second-order valence-corrected chi connectivity index (χ2v) is 5.26. The van der Waals surface area contributed by atoms with Gasteiger partial charge in [0.25, 0.3) is 0 Å². The summed E-state index contributed by atoms with van der Waals surface area (Å²) in [5.74, 6) is 0.231. The second kappa shape index (κ2) is 6.47. The highest BCUT2D eigenvalue weighted by Crippen LogP contribution is 2.20. The van der Waals surface area contributed by atoms with Crippen LogP contribution in [0.5, 0.6) is 5.75 Å². The number of hydrogen-bond acceptors (Lipinski definition) is 6. The average Bonchev–Trinajstić information content (AvgIpc) is 3.19. The van der Waals surface area contributed by atoms with Crippen LogP contribution < -0.4 is 15.4 Å². The molecule has 1 aromatic heterocycles. The molecule has 8 heteroatoms. The molecule has 2 N–H and O–H groups in total. The quantitative estimate of drug-likeness (QED) is 0.836. The third-order valence-corrected chi connectivity index (χ3v) is 3.10. The highest BCUT2D eigenvalue weighted by molar-refractivity contribution is 5.90. The summed E-state index contributed by atoms with van der Waals surface area (Å²) in [4.78, 5) is 26.8. The maximum absolute atomic E-state index is 11.7. The number of rotatable bonds is 6. The fraction of sp³-hybridized carbons (Fsp3) is 0.333. The Morgan fingerprint density at radius 2 is 2.22 bits per heavy atom. The highest BCUT2D eigenvalue weighted by atomic mass is 16.5. The van der Waals surface area contributed by atoms with Gasteiger partial charge in [-0.1, -0.05) is 11.2 Å². The first kappa shape index (κ1) is 15.0. The van der Waals surface area contributed by atoms with Crippen molar-refractivity contribution < 1.29 is 18.8 Å². The summed E-state index contributed by atoms with van der Waals surface area (Å²) < 4.78 is 10.4. The van der Waals surface area contributed by atoms with Crippen LogP contribution >= 0.6 is 0 Å². The van der Waals surface area contributed by atoms with Crippen LogP contribution in [-0.4, -0.2) is 28.0 Å². The van der Waals surface area contributed by atoms with E-state index in [1.54, 1.807) is 24.3 Å². The normalized spacial score (nSPS) is 13.4. The molecule has 0 bridgehead atoms. The van der Waals surface area contributed by atoms with Crippen molar-refractivity contribution in [3.8, 4) is 5.75 Å². The smallest absolute Gasteiger partial charge is 0.316 e. The zero-order chi connectivity index (χ0) is 16.2. The van der Waals surface area contributed by atoms with Gasteiger partial charge in [0.2, 0.25) is 11.7 Å². The summed E-state index contributed by atoms with van der Waals surface area (Å²) in [6, 6.07) is 7.16. The molecule has 0 spiro atoms. The van der Waals surface area contributed by atoms with Gasteiger partial charge in [-0.2, -0.15) is 4.98 Å². The molecule has 3 rings (SSSR count). The molecule has 0 saturated heterocycles.